The van der Waals surface area contributed by atoms with Gasteiger partial charge in [0.1, 0.15) is 5.76 Å². The minimum absolute atomic E-state index is 0.0374. The smallest absolute Gasteiger partial charge is 0.253 e. The number of hydrogen-bond acceptors (Lipinski definition) is 5. The molecule has 3 heterocycles. The third-order valence-corrected chi connectivity index (χ3v) is 6.69. The van der Waals surface area contributed by atoms with E-state index >= 15 is 0 Å². The van der Waals surface area contributed by atoms with Crippen molar-refractivity contribution in [3.05, 3.63) is 54.0 Å². The molecule has 0 saturated carbocycles. The first-order chi connectivity index (χ1) is 15.5. The third kappa shape index (κ3) is 5.33. The number of amides is 2. The number of likely N-dealkylation sites (tertiary alicyclic amines) is 1. The summed E-state index contributed by atoms with van der Waals surface area (Å²) < 4.78 is 5.26. The Hall–Kier alpha value is -2.80. The average molecular weight is 439 g/mol. The number of piperazine rings is 1. The summed E-state index contributed by atoms with van der Waals surface area (Å²) in [6.07, 6.45) is 2.98. The molecule has 2 fully saturated rings. The Morgan fingerprint density at radius 2 is 1.69 bits per heavy atom. The SMILES string of the molecule is CC(C)N1CCN(c2ccc(C(=O)N3CCC(C(=O)NCc4ccco4)CC3)cc2)CC1. The minimum atomic E-state index is -0.0547. The molecule has 32 heavy (non-hydrogen) atoms. The van der Waals surface area contributed by atoms with Crippen LogP contribution in [0.2, 0.25) is 0 Å². The summed E-state index contributed by atoms with van der Waals surface area (Å²) in [6.45, 7) is 10.3. The highest BCUT2D eigenvalue weighted by atomic mass is 16.3. The molecule has 0 radical (unpaired) electrons. The summed E-state index contributed by atoms with van der Waals surface area (Å²) in [5, 5.41) is 2.93. The number of carbonyl (C=O) groups excluding carboxylic acids is 2. The van der Waals surface area contributed by atoms with Crippen LogP contribution >= 0.6 is 0 Å². The van der Waals surface area contributed by atoms with Crippen molar-refractivity contribution in [3.63, 3.8) is 0 Å². The molecule has 2 aliphatic rings. The molecule has 0 spiro atoms. The lowest BCUT2D eigenvalue weighted by Gasteiger charge is -2.38. The number of furan rings is 1. The number of carbonyl (C=O) groups is 2. The van der Waals surface area contributed by atoms with Gasteiger partial charge in [0.25, 0.3) is 5.91 Å². The van der Waals surface area contributed by atoms with Gasteiger partial charge in [-0.15, -0.1) is 0 Å². The quantitative estimate of drug-likeness (QED) is 0.751. The second kappa shape index (κ2) is 10.2. The minimum Gasteiger partial charge on any atom is -0.467 e. The lowest BCUT2D eigenvalue weighted by atomic mass is 9.95. The van der Waals surface area contributed by atoms with Gasteiger partial charge in [-0.1, -0.05) is 0 Å². The van der Waals surface area contributed by atoms with Gasteiger partial charge in [-0.05, 0) is 63.1 Å². The molecule has 2 aromatic rings. The maximum absolute atomic E-state index is 13.0. The van der Waals surface area contributed by atoms with Crippen LogP contribution in [-0.4, -0.2) is 66.9 Å². The predicted molar refractivity (Wildman–Crippen MR) is 125 cm³/mol. The maximum atomic E-state index is 13.0. The van der Waals surface area contributed by atoms with E-state index in [4.69, 9.17) is 4.42 Å². The van der Waals surface area contributed by atoms with Gasteiger partial charge >= 0.3 is 0 Å². The number of nitrogens with zero attached hydrogens (tertiary/aromatic N) is 3. The van der Waals surface area contributed by atoms with E-state index in [9.17, 15) is 9.59 Å². The Morgan fingerprint density at radius 1 is 1.00 bits per heavy atom. The first kappa shape index (κ1) is 22.4. The van der Waals surface area contributed by atoms with E-state index in [1.165, 1.54) is 5.69 Å². The Bertz CT molecular complexity index is 878. The molecule has 2 aliphatic heterocycles. The van der Waals surface area contributed by atoms with Crippen molar-refractivity contribution in [2.45, 2.75) is 39.3 Å². The zero-order valence-corrected chi connectivity index (χ0v) is 19.1. The van der Waals surface area contributed by atoms with E-state index < -0.39 is 0 Å². The zero-order valence-electron chi connectivity index (χ0n) is 19.1. The summed E-state index contributed by atoms with van der Waals surface area (Å²) in [4.78, 5) is 32.1. The largest absolute Gasteiger partial charge is 0.467 e. The summed E-state index contributed by atoms with van der Waals surface area (Å²) >= 11 is 0. The maximum Gasteiger partial charge on any atom is 0.253 e. The highest BCUT2D eigenvalue weighted by Crippen LogP contribution is 2.22. The van der Waals surface area contributed by atoms with Gasteiger partial charge in [0.15, 0.2) is 0 Å². The van der Waals surface area contributed by atoms with Gasteiger partial charge in [-0.25, -0.2) is 0 Å². The number of piperidine rings is 1. The van der Waals surface area contributed by atoms with Crippen molar-refractivity contribution in [1.29, 1.82) is 0 Å². The van der Waals surface area contributed by atoms with Crippen LogP contribution in [0.25, 0.3) is 0 Å². The number of rotatable bonds is 6. The molecule has 7 heteroatoms. The molecule has 0 aliphatic carbocycles. The van der Waals surface area contributed by atoms with Crippen molar-refractivity contribution in [3.8, 4) is 0 Å². The van der Waals surface area contributed by atoms with Crippen molar-refractivity contribution >= 4 is 17.5 Å². The number of benzene rings is 1. The molecule has 0 atom stereocenters. The first-order valence-electron chi connectivity index (χ1n) is 11.7. The fourth-order valence-corrected chi connectivity index (χ4v) is 4.57. The van der Waals surface area contributed by atoms with Gasteiger partial charge in [0, 0.05) is 62.5 Å². The van der Waals surface area contributed by atoms with Crippen LogP contribution in [0.5, 0.6) is 0 Å². The standard InChI is InChI=1S/C25H34N4O3/c1-19(2)27-13-15-28(16-14-27)22-7-5-21(6-8-22)25(31)29-11-9-20(10-12-29)24(30)26-18-23-4-3-17-32-23/h3-8,17,19-20H,9-16,18H2,1-2H3,(H,26,30). The van der Waals surface area contributed by atoms with Crippen LogP contribution in [0.1, 0.15) is 42.8 Å². The molecule has 7 nitrogen and oxygen atoms in total. The molecule has 1 aromatic heterocycles. The Kier molecular flexibility index (Phi) is 7.15. The topological polar surface area (TPSA) is 69.0 Å². The van der Waals surface area contributed by atoms with Crippen LogP contribution in [0.15, 0.2) is 47.1 Å². The lowest BCUT2D eigenvalue weighted by Crippen LogP contribution is -2.48. The average Bonchev–Trinajstić information content (AvgIpc) is 3.36. The van der Waals surface area contributed by atoms with Crippen LogP contribution in [0, 0.1) is 5.92 Å². The number of nitrogens with one attached hydrogen (secondary N) is 1. The van der Waals surface area contributed by atoms with Gasteiger partial charge in [0.05, 0.1) is 12.8 Å². The molecule has 2 amide bonds. The Labute approximate surface area is 190 Å². The van der Waals surface area contributed by atoms with E-state index in [2.05, 4.69) is 41.1 Å². The number of hydrogen-bond donors (Lipinski definition) is 1. The lowest BCUT2D eigenvalue weighted by molar-refractivity contribution is -0.126. The molecular formula is C25H34N4O3. The van der Waals surface area contributed by atoms with Crippen LogP contribution < -0.4 is 10.2 Å². The predicted octanol–water partition coefficient (Wildman–Crippen LogP) is 2.98. The van der Waals surface area contributed by atoms with Gasteiger partial charge in [-0.3, -0.25) is 14.5 Å². The highest BCUT2D eigenvalue weighted by Gasteiger charge is 2.28. The molecule has 0 unspecified atom stereocenters. The van der Waals surface area contributed by atoms with Gasteiger partial charge < -0.3 is 19.5 Å². The normalized spacial score (nSPS) is 18.2. The van der Waals surface area contributed by atoms with Crippen LogP contribution in [0.4, 0.5) is 5.69 Å². The summed E-state index contributed by atoms with van der Waals surface area (Å²) in [5.41, 5.74) is 1.90. The van der Waals surface area contributed by atoms with Crippen molar-refractivity contribution < 1.29 is 14.0 Å². The molecule has 1 aromatic carbocycles. The molecule has 2 saturated heterocycles. The fourth-order valence-electron chi connectivity index (χ4n) is 4.57. The third-order valence-electron chi connectivity index (χ3n) is 6.69. The molecule has 0 bridgehead atoms. The van der Waals surface area contributed by atoms with E-state index in [0.717, 1.165) is 37.5 Å². The molecular weight excluding hydrogens is 404 g/mol. The second-order valence-electron chi connectivity index (χ2n) is 9.03. The summed E-state index contributed by atoms with van der Waals surface area (Å²) in [5.74, 6) is 0.781. The summed E-state index contributed by atoms with van der Waals surface area (Å²) in [6, 6.07) is 12.2. The highest BCUT2D eigenvalue weighted by molar-refractivity contribution is 5.94. The van der Waals surface area contributed by atoms with Crippen LogP contribution in [0.3, 0.4) is 0 Å². The number of anilines is 1. The molecule has 4 rings (SSSR count). The second-order valence-corrected chi connectivity index (χ2v) is 9.03. The van der Waals surface area contributed by atoms with Crippen molar-refractivity contribution in [1.82, 2.24) is 15.1 Å². The summed E-state index contributed by atoms with van der Waals surface area (Å²) in [7, 11) is 0. The van der Waals surface area contributed by atoms with E-state index in [1.807, 2.05) is 29.2 Å². The van der Waals surface area contributed by atoms with Gasteiger partial charge in [-0.2, -0.15) is 0 Å². The molecule has 1 N–H and O–H groups in total. The van der Waals surface area contributed by atoms with E-state index in [-0.39, 0.29) is 17.7 Å². The Morgan fingerprint density at radius 3 is 2.28 bits per heavy atom. The molecule has 172 valence electrons. The van der Waals surface area contributed by atoms with Crippen molar-refractivity contribution in [2.24, 2.45) is 5.92 Å². The zero-order chi connectivity index (χ0) is 22.5. The van der Waals surface area contributed by atoms with Gasteiger partial charge in [0.2, 0.25) is 5.91 Å². The Balaban J connectivity index is 1.25. The fraction of sp³-hybridized carbons (Fsp3) is 0.520. The van der Waals surface area contributed by atoms with E-state index in [0.29, 0.717) is 38.5 Å². The van der Waals surface area contributed by atoms with Crippen LogP contribution in [-0.2, 0) is 11.3 Å². The monoisotopic (exact) mass is 438 g/mol. The first-order valence-corrected chi connectivity index (χ1v) is 11.7. The van der Waals surface area contributed by atoms with E-state index in [1.54, 1.807) is 6.26 Å². The van der Waals surface area contributed by atoms with Crippen molar-refractivity contribution in [2.75, 3.05) is 44.2 Å².